The number of anilines is 1. The molecule has 0 aromatic heterocycles. The molecule has 12 nitrogen and oxygen atoms in total. The Morgan fingerprint density at radius 1 is 1.11 bits per heavy atom. The Hall–Kier alpha value is -4.25. The highest BCUT2D eigenvalue weighted by atomic mass is 32.2. The van der Waals surface area contributed by atoms with Crippen molar-refractivity contribution in [1.29, 1.82) is 0 Å². The molecule has 5 rings (SSSR count). The molecule has 2 atom stereocenters. The highest BCUT2D eigenvalue weighted by molar-refractivity contribution is 7.88. The molecular weight excluding hydrogens is 638 g/mol. The van der Waals surface area contributed by atoms with Gasteiger partial charge < -0.3 is 19.9 Å². The lowest BCUT2D eigenvalue weighted by atomic mass is 9.94. The number of carbonyl (C=O) groups is 4. The molecule has 0 radical (unpaired) electrons. The quantitative estimate of drug-likeness (QED) is 0.447. The first-order valence-corrected chi connectivity index (χ1v) is 16.1. The van der Waals surface area contributed by atoms with Crippen molar-refractivity contribution in [2.24, 2.45) is 0 Å². The van der Waals surface area contributed by atoms with Crippen LogP contribution in [0.25, 0.3) is 0 Å². The van der Waals surface area contributed by atoms with E-state index in [0.29, 0.717) is 46.1 Å². The number of fused-ring (bicyclic) bond motifs is 2. The summed E-state index contributed by atoms with van der Waals surface area (Å²) in [5, 5.41) is 2.70. The van der Waals surface area contributed by atoms with Gasteiger partial charge in [0.1, 0.15) is 18.4 Å². The summed E-state index contributed by atoms with van der Waals surface area (Å²) in [6.07, 6.45) is -4.25. The molecule has 0 unspecified atom stereocenters. The first kappa shape index (κ1) is 33.1. The van der Waals surface area contributed by atoms with E-state index in [1.54, 1.807) is 6.07 Å². The Morgan fingerprint density at radius 2 is 1.80 bits per heavy atom. The van der Waals surface area contributed by atoms with Gasteiger partial charge >= 0.3 is 18.3 Å². The molecular formula is C29H31F4N5O7S. The van der Waals surface area contributed by atoms with Gasteiger partial charge in [0.15, 0.2) is 0 Å². The maximum Gasteiger partial charge on any atom is 0.418 e. The first-order chi connectivity index (χ1) is 21.5. The van der Waals surface area contributed by atoms with Crippen LogP contribution in [0.5, 0.6) is 0 Å². The summed E-state index contributed by atoms with van der Waals surface area (Å²) in [5.41, 5.74) is -0.369. The molecule has 5 amide bonds. The van der Waals surface area contributed by atoms with E-state index in [-0.39, 0.29) is 25.1 Å². The van der Waals surface area contributed by atoms with Crippen LogP contribution < -0.4 is 5.32 Å². The molecule has 2 fully saturated rings. The van der Waals surface area contributed by atoms with Gasteiger partial charge in [-0.25, -0.2) is 27.3 Å². The lowest BCUT2D eigenvalue weighted by Gasteiger charge is -2.34. The minimum absolute atomic E-state index is 0.00267. The van der Waals surface area contributed by atoms with Gasteiger partial charge in [0.2, 0.25) is 21.5 Å². The minimum Gasteiger partial charge on any atom is -0.427 e. The van der Waals surface area contributed by atoms with Gasteiger partial charge in [-0.05, 0) is 55.2 Å². The van der Waals surface area contributed by atoms with Crippen LogP contribution in [0.2, 0.25) is 0 Å². The predicted molar refractivity (Wildman–Crippen MR) is 154 cm³/mol. The molecule has 2 aromatic carbocycles. The molecule has 248 valence electrons. The second kappa shape index (κ2) is 12.2. The van der Waals surface area contributed by atoms with Crippen LogP contribution >= 0.6 is 0 Å². The van der Waals surface area contributed by atoms with E-state index < -0.39 is 70.7 Å². The molecule has 2 heterocycles. The lowest BCUT2D eigenvalue weighted by molar-refractivity contribution is -0.187. The van der Waals surface area contributed by atoms with Crippen LogP contribution in [0.4, 0.5) is 32.8 Å². The van der Waals surface area contributed by atoms with E-state index in [2.05, 4.69) is 5.32 Å². The van der Waals surface area contributed by atoms with Crippen molar-refractivity contribution in [2.45, 2.75) is 50.6 Å². The summed E-state index contributed by atoms with van der Waals surface area (Å²) in [5.74, 6) is -2.69. The van der Waals surface area contributed by atoms with Crippen molar-refractivity contribution in [1.82, 2.24) is 19.0 Å². The van der Waals surface area contributed by atoms with Crippen LogP contribution in [0.3, 0.4) is 0 Å². The van der Waals surface area contributed by atoms with Crippen LogP contribution in [0, 0.1) is 5.82 Å². The summed E-state index contributed by atoms with van der Waals surface area (Å²) in [7, 11) is -3.49. The van der Waals surface area contributed by atoms with Crippen LogP contribution in [-0.2, 0) is 42.9 Å². The van der Waals surface area contributed by atoms with Crippen LogP contribution in [-0.4, -0.2) is 96.1 Å². The maximum atomic E-state index is 13.7. The number of halogens is 4. The zero-order chi connectivity index (χ0) is 33.6. The van der Waals surface area contributed by atoms with Crippen molar-refractivity contribution in [2.75, 3.05) is 37.9 Å². The standard InChI is InChI=1S/C29H31F4N5O7S/c1-18(29(31,32)33)37(15-19-4-6-21(30)7-5-19)24(39)16-38-25(40)28(45-27(38)42)11-10-20-14-22(8-9-23(20)28)34-26(41)35-12-3-13-36(17-35)46(2,43)44/h4-9,14,18H,3,10-13,15-17H2,1-2H3,(H,34,41)/t18-,28+/m0/s1. The SMILES string of the molecule is C[C@H](N(Cc1ccc(F)cc1)C(=O)CN1C(=O)O[C@@]2(CCc3cc(NC(=O)N4CCCN(S(C)(=O)=O)C4)ccc32)C1=O)C(F)(F)F. The van der Waals surface area contributed by atoms with Gasteiger partial charge in [0, 0.05) is 37.3 Å². The van der Waals surface area contributed by atoms with Crippen molar-refractivity contribution in [3.63, 3.8) is 0 Å². The fourth-order valence-corrected chi connectivity index (χ4v) is 6.58. The summed E-state index contributed by atoms with van der Waals surface area (Å²) in [6, 6.07) is 6.26. The Kier molecular flexibility index (Phi) is 8.76. The fraction of sp³-hybridized carbons (Fsp3) is 0.448. The fourth-order valence-electron chi connectivity index (χ4n) is 5.77. The molecule has 0 bridgehead atoms. The van der Waals surface area contributed by atoms with Crippen molar-refractivity contribution in [3.05, 3.63) is 65.0 Å². The average molecular weight is 670 g/mol. The number of urea groups is 1. The summed E-state index contributed by atoms with van der Waals surface area (Å²) < 4.78 is 84.9. The van der Waals surface area contributed by atoms with Gasteiger partial charge in [-0.3, -0.25) is 9.59 Å². The van der Waals surface area contributed by atoms with E-state index >= 15 is 0 Å². The molecule has 1 N–H and O–H groups in total. The summed E-state index contributed by atoms with van der Waals surface area (Å²) in [6.45, 7) is -0.265. The van der Waals surface area contributed by atoms with Gasteiger partial charge in [-0.15, -0.1) is 0 Å². The van der Waals surface area contributed by atoms with Crippen molar-refractivity contribution < 1.29 is 49.9 Å². The van der Waals surface area contributed by atoms with Crippen molar-refractivity contribution >= 4 is 39.6 Å². The van der Waals surface area contributed by atoms with Crippen LogP contribution in [0.15, 0.2) is 42.5 Å². The largest absolute Gasteiger partial charge is 0.427 e. The average Bonchev–Trinajstić information content (AvgIpc) is 3.47. The molecule has 46 heavy (non-hydrogen) atoms. The summed E-state index contributed by atoms with van der Waals surface area (Å²) >= 11 is 0. The smallest absolute Gasteiger partial charge is 0.418 e. The number of nitrogens with one attached hydrogen (secondary N) is 1. The second-order valence-corrected chi connectivity index (χ2v) is 13.4. The number of hydrogen-bond acceptors (Lipinski definition) is 7. The number of aryl methyl sites for hydroxylation is 1. The third-order valence-electron chi connectivity index (χ3n) is 8.35. The Labute approximate surface area is 261 Å². The molecule has 1 spiro atoms. The number of alkyl halides is 3. The zero-order valence-electron chi connectivity index (χ0n) is 24.8. The van der Waals surface area contributed by atoms with E-state index in [1.165, 1.54) is 33.5 Å². The first-order valence-electron chi connectivity index (χ1n) is 14.3. The third kappa shape index (κ3) is 6.51. The van der Waals surface area contributed by atoms with Gasteiger partial charge in [-0.2, -0.15) is 17.5 Å². The Morgan fingerprint density at radius 3 is 2.46 bits per heavy atom. The molecule has 2 aliphatic heterocycles. The second-order valence-electron chi connectivity index (χ2n) is 11.5. The highest BCUT2D eigenvalue weighted by Crippen LogP contribution is 2.46. The van der Waals surface area contributed by atoms with Gasteiger partial charge in [0.25, 0.3) is 5.91 Å². The van der Waals surface area contributed by atoms with Gasteiger partial charge in [0.05, 0.1) is 12.9 Å². The van der Waals surface area contributed by atoms with Gasteiger partial charge in [-0.1, -0.05) is 18.2 Å². The number of rotatable bonds is 7. The normalized spacial score (nSPS) is 20.9. The summed E-state index contributed by atoms with van der Waals surface area (Å²) in [4.78, 5) is 54.9. The number of hydrogen-bond donors (Lipinski definition) is 1. The molecule has 1 aliphatic carbocycles. The molecule has 2 aromatic rings. The number of imide groups is 1. The Bertz CT molecular complexity index is 1670. The number of carbonyl (C=O) groups excluding carboxylic acids is 4. The number of ether oxygens (including phenoxy) is 1. The molecule has 3 aliphatic rings. The number of sulfonamides is 1. The van der Waals surface area contributed by atoms with E-state index in [4.69, 9.17) is 4.74 Å². The molecule has 17 heteroatoms. The molecule has 0 saturated carbocycles. The minimum atomic E-state index is -4.83. The number of nitrogens with zero attached hydrogens (tertiary/aromatic N) is 4. The number of benzene rings is 2. The lowest BCUT2D eigenvalue weighted by Crippen LogP contribution is -2.51. The number of amides is 5. The zero-order valence-corrected chi connectivity index (χ0v) is 25.7. The highest BCUT2D eigenvalue weighted by Gasteiger charge is 2.58. The van der Waals surface area contributed by atoms with E-state index in [0.717, 1.165) is 25.3 Å². The topological polar surface area (TPSA) is 137 Å². The molecule has 2 saturated heterocycles. The third-order valence-corrected chi connectivity index (χ3v) is 9.59. The van der Waals surface area contributed by atoms with Crippen molar-refractivity contribution in [3.8, 4) is 0 Å². The monoisotopic (exact) mass is 669 g/mol. The maximum absolute atomic E-state index is 13.7. The van der Waals surface area contributed by atoms with E-state index in [9.17, 15) is 45.2 Å². The Balaban J connectivity index is 1.30. The van der Waals surface area contributed by atoms with E-state index in [1.807, 2.05) is 0 Å². The predicted octanol–water partition coefficient (Wildman–Crippen LogP) is 3.38. The van der Waals surface area contributed by atoms with Crippen LogP contribution in [0.1, 0.15) is 36.5 Å².